The Balaban J connectivity index is 1.86. The molecule has 0 spiro atoms. The van der Waals surface area contributed by atoms with E-state index in [4.69, 9.17) is 0 Å². The molecule has 0 saturated heterocycles. The fraction of sp³-hybridized carbons (Fsp3) is 0.118. The summed E-state index contributed by atoms with van der Waals surface area (Å²) < 4.78 is 0. The highest BCUT2D eigenvalue weighted by atomic mass is 15.3. The SMILES string of the molecule is Cc1ccc(C)c(C=NNc2nncc3ccccc23)c1. The van der Waals surface area contributed by atoms with Gasteiger partial charge in [0.25, 0.3) is 0 Å². The van der Waals surface area contributed by atoms with Gasteiger partial charge in [-0.05, 0) is 25.0 Å². The Bertz CT molecular complexity index is 803. The van der Waals surface area contributed by atoms with Crippen LogP contribution in [0.25, 0.3) is 10.8 Å². The largest absolute Gasteiger partial charge is 0.259 e. The predicted octanol–water partition coefficient (Wildman–Crippen LogP) is 3.69. The zero-order valence-electron chi connectivity index (χ0n) is 12.0. The monoisotopic (exact) mass is 276 g/mol. The van der Waals surface area contributed by atoms with Gasteiger partial charge >= 0.3 is 0 Å². The fourth-order valence-electron chi connectivity index (χ4n) is 2.17. The van der Waals surface area contributed by atoms with Gasteiger partial charge in [-0.3, -0.25) is 5.43 Å². The van der Waals surface area contributed by atoms with Gasteiger partial charge in [0.05, 0.1) is 12.4 Å². The molecule has 0 aliphatic rings. The molecule has 0 atom stereocenters. The maximum Gasteiger partial charge on any atom is 0.176 e. The van der Waals surface area contributed by atoms with Crippen LogP contribution >= 0.6 is 0 Å². The molecule has 21 heavy (non-hydrogen) atoms. The lowest BCUT2D eigenvalue weighted by Crippen LogP contribution is -1.97. The van der Waals surface area contributed by atoms with E-state index in [1.807, 2.05) is 30.5 Å². The van der Waals surface area contributed by atoms with E-state index in [1.54, 1.807) is 6.20 Å². The van der Waals surface area contributed by atoms with Crippen molar-refractivity contribution in [2.45, 2.75) is 13.8 Å². The second-order valence-corrected chi connectivity index (χ2v) is 5.01. The molecule has 0 radical (unpaired) electrons. The van der Waals surface area contributed by atoms with Crippen LogP contribution in [0.2, 0.25) is 0 Å². The predicted molar refractivity (Wildman–Crippen MR) is 86.7 cm³/mol. The Morgan fingerprint density at radius 2 is 1.95 bits per heavy atom. The maximum atomic E-state index is 4.29. The summed E-state index contributed by atoms with van der Waals surface area (Å²) in [6.07, 6.45) is 3.56. The van der Waals surface area contributed by atoms with E-state index in [1.165, 1.54) is 11.1 Å². The molecule has 0 unspecified atom stereocenters. The first-order valence-corrected chi connectivity index (χ1v) is 6.81. The van der Waals surface area contributed by atoms with Gasteiger partial charge in [0.15, 0.2) is 5.82 Å². The van der Waals surface area contributed by atoms with Gasteiger partial charge in [-0.2, -0.15) is 10.2 Å². The number of nitrogens with zero attached hydrogens (tertiary/aromatic N) is 3. The van der Waals surface area contributed by atoms with Crippen molar-refractivity contribution >= 4 is 22.8 Å². The zero-order chi connectivity index (χ0) is 14.7. The molecule has 2 aromatic carbocycles. The third-order valence-electron chi connectivity index (χ3n) is 3.38. The molecule has 4 heteroatoms. The highest BCUT2D eigenvalue weighted by Crippen LogP contribution is 2.19. The van der Waals surface area contributed by atoms with Crippen LogP contribution in [0.3, 0.4) is 0 Å². The molecule has 1 heterocycles. The molecular formula is C17H16N4. The van der Waals surface area contributed by atoms with Gasteiger partial charge in [0.1, 0.15) is 0 Å². The Labute approximate surface area is 123 Å². The lowest BCUT2D eigenvalue weighted by molar-refractivity contribution is 1.04. The lowest BCUT2D eigenvalue weighted by atomic mass is 10.1. The van der Waals surface area contributed by atoms with Crippen LogP contribution < -0.4 is 5.43 Å². The molecule has 104 valence electrons. The van der Waals surface area contributed by atoms with E-state index >= 15 is 0 Å². The summed E-state index contributed by atoms with van der Waals surface area (Å²) in [4.78, 5) is 0. The number of benzene rings is 2. The van der Waals surface area contributed by atoms with Gasteiger partial charge in [0.2, 0.25) is 0 Å². The van der Waals surface area contributed by atoms with Crippen LogP contribution in [-0.2, 0) is 0 Å². The molecule has 0 aliphatic heterocycles. The standard InChI is InChI=1S/C17H16N4/c1-12-7-8-13(2)15(9-12)11-19-21-17-16-6-4-3-5-14(16)10-18-20-17/h3-11H,1-2H3,(H,20,21). The number of fused-ring (bicyclic) bond motifs is 1. The average molecular weight is 276 g/mol. The number of anilines is 1. The maximum absolute atomic E-state index is 4.29. The summed E-state index contributed by atoms with van der Waals surface area (Å²) in [5.74, 6) is 0.662. The van der Waals surface area contributed by atoms with Gasteiger partial charge in [-0.25, -0.2) is 0 Å². The van der Waals surface area contributed by atoms with Crippen LogP contribution in [0, 0.1) is 13.8 Å². The van der Waals surface area contributed by atoms with Gasteiger partial charge in [-0.1, -0.05) is 48.0 Å². The van der Waals surface area contributed by atoms with Crippen LogP contribution in [0.4, 0.5) is 5.82 Å². The number of aromatic nitrogens is 2. The normalized spacial score (nSPS) is 11.1. The van der Waals surface area contributed by atoms with Crippen LogP contribution in [0.15, 0.2) is 53.8 Å². The number of hydrogen-bond donors (Lipinski definition) is 1. The summed E-state index contributed by atoms with van der Waals surface area (Å²) in [7, 11) is 0. The topological polar surface area (TPSA) is 50.2 Å². The van der Waals surface area contributed by atoms with E-state index < -0.39 is 0 Å². The summed E-state index contributed by atoms with van der Waals surface area (Å²) >= 11 is 0. The van der Waals surface area contributed by atoms with E-state index in [9.17, 15) is 0 Å². The van der Waals surface area contributed by atoms with Crippen molar-refractivity contribution < 1.29 is 0 Å². The van der Waals surface area contributed by atoms with Crippen molar-refractivity contribution in [3.8, 4) is 0 Å². The molecule has 0 saturated carbocycles. The molecule has 1 N–H and O–H groups in total. The van der Waals surface area contributed by atoms with Crippen molar-refractivity contribution in [2.24, 2.45) is 5.10 Å². The Morgan fingerprint density at radius 1 is 1.10 bits per heavy atom. The first-order chi connectivity index (χ1) is 10.2. The van der Waals surface area contributed by atoms with Crippen molar-refractivity contribution in [1.29, 1.82) is 0 Å². The first kappa shape index (κ1) is 13.2. The summed E-state index contributed by atoms with van der Waals surface area (Å²) in [5, 5.41) is 14.4. The molecular weight excluding hydrogens is 260 g/mol. The van der Waals surface area contributed by atoms with Gasteiger partial charge in [0, 0.05) is 10.8 Å². The number of hydrazone groups is 1. The molecule has 0 fully saturated rings. The molecule has 0 bridgehead atoms. The second kappa shape index (κ2) is 5.71. The third kappa shape index (κ3) is 2.89. The van der Waals surface area contributed by atoms with Gasteiger partial charge in [-0.15, -0.1) is 5.10 Å². The van der Waals surface area contributed by atoms with Crippen molar-refractivity contribution in [2.75, 3.05) is 5.43 Å². The average Bonchev–Trinajstić information content (AvgIpc) is 2.51. The number of aryl methyl sites for hydroxylation is 2. The van der Waals surface area contributed by atoms with E-state index in [-0.39, 0.29) is 0 Å². The lowest BCUT2D eigenvalue weighted by Gasteiger charge is -2.04. The molecule has 0 aliphatic carbocycles. The summed E-state index contributed by atoms with van der Waals surface area (Å²) in [5.41, 5.74) is 6.48. The minimum Gasteiger partial charge on any atom is -0.259 e. The van der Waals surface area contributed by atoms with Crippen molar-refractivity contribution in [3.63, 3.8) is 0 Å². The second-order valence-electron chi connectivity index (χ2n) is 5.01. The summed E-state index contributed by atoms with van der Waals surface area (Å²) in [6.45, 7) is 4.14. The number of nitrogens with one attached hydrogen (secondary N) is 1. The smallest absolute Gasteiger partial charge is 0.176 e. The van der Waals surface area contributed by atoms with Crippen LogP contribution in [0.5, 0.6) is 0 Å². The number of hydrogen-bond acceptors (Lipinski definition) is 4. The molecule has 0 amide bonds. The van der Waals surface area contributed by atoms with Crippen molar-refractivity contribution in [1.82, 2.24) is 10.2 Å². The Hall–Kier alpha value is -2.75. The van der Waals surface area contributed by atoms with Crippen LogP contribution in [-0.4, -0.2) is 16.4 Å². The van der Waals surface area contributed by atoms with Gasteiger partial charge < -0.3 is 0 Å². The highest BCUT2D eigenvalue weighted by Gasteiger charge is 2.01. The molecule has 3 rings (SSSR count). The highest BCUT2D eigenvalue weighted by molar-refractivity contribution is 5.91. The Kier molecular flexibility index (Phi) is 3.60. The van der Waals surface area contributed by atoms with E-state index in [2.05, 4.69) is 52.8 Å². The zero-order valence-corrected chi connectivity index (χ0v) is 12.0. The number of rotatable bonds is 3. The Morgan fingerprint density at radius 3 is 2.86 bits per heavy atom. The molecule has 4 nitrogen and oxygen atoms in total. The molecule has 1 aromatic heterocycles. The van der Waals surface area contributed by atoms with E-state index in [0.29, 0.717) is 5.82 Å². The quantitative estimate of drug-likeness (QED) is 0.586. The third-order valence-corrected chi connectivity index (χ3v) is 3.38. The minimum atomic E-state index is 0.662. The first-order valence-electron chi connectivity index (χ1n) is 6.81. The van der Waals surface area contributed by atoms with Crippen molar-refractivity contribution in [3.05, 3.63) is 65.4 Å². The van der Waals surface area contributed by atoms with Crippen LogP contribution in [0.1, 0.15) is 16.7 Å². The molecule has 3 aromatic rings. The van der Waals surface area contributed by atoms with E-state index in [0.717, 1.165) is 16.3 Å². The summed E-state index contributed by atoms with van der Waals surface area (Å²) in [6, 6.07) is 14.3. The fourth-order valence-corrected chi connectivity index (χ4v) is 2.17. The minimum absolute atomic E-state index is 0.662.